The molecule has 0 aliphatic carbocycles. The van der Waals surface area contributed by atoms with E-state index in [1.807, 2.05) is 24.3 Å². The zero-order chi connectivity index (χ0) is 23.1. The van der Waals surface area contributed by atoms with Crippen LogP contribution in [-0.2, 0) is 14.3 Å². The summed E-state index contributed by atoms with van der Waals surface area (Å²) >= 11 is 0. The topological polar surface area (TPSA) is 71.4 Å². The first-order valence-electron chi connectivity index (χ1n) is 10.5. The van der Waals surface area contributed by atoms with E-state index < -0.39 is 11.9 Å². The number of carbonyl (C=O) groups excluding carboxylic acids is 2. The van der Waals surface area contributed by atoms with Gasteiger partial charge in [0.25, 0.3) is 5.91 Å². The van der Waals surface area contributed by atoms with Crippen molar-refractivity contribution in [1.82, 2.24) is 9.91 Å². The van der Waals surface area contributed by atoms with Gasteiger partial charge >= 0.3 is 0 Å². The monoisotopic (exact) mass is 441 g/mol. The number of benzene rings is 2. The van der Waals surface area contributed by atoms with Crippen LogP contribution in [0.2, 0.25) is 0 Å². The highest BCUT2D eigenvalue weighted by Gasteiger charge is 2.36. The summed E-state index contributed by atoms with van der Waals surface area (Å²) in [6.07, 6.45) is 0.601. The fourth-order valence-corrected chi connectivity index (χ4v) is 3.73. The Morgan fingerprint density at radius 3 is 2.56 bits per heavy atom. The molecule has 1 aliphatic rings. The van der Waals surface area contributed by atoms with E-state index in [0.29, 0.717) is 36.6 Å². The van der Waals surface area contributed by atoms with E-state index in [1.54, 1.807) is 39.3 Å². The van der Waals surface area contributed by atoms with Crippen molar-refractivity contribution in [2.75, 3.05) is 33.9 Å². The van der Waals surface area contributed by atoms with Gasteiger partial charge in [-0.05, 0) is 12.1 Å². The number of halogens is 1. The van der Waals surface area contributed by atoms with Crippen molar-refractivity contribution in [3.05, 3.63) is 65.5 Å². The number of hydrazone groups is 1. The van der Waals surface area contributed by atoms with Gasteiger partial charge in [0.1, 0.15) is 18.1 Å². The number of amides is 2. The maximum absolute atomic E-state index is 14.5. The summed E-state index contributed by atoms with van der Waals surface area (Å²) < 4.78 is 25.0. The zero-order valence-corrected chi connectivity index (χ0v) is 18.6. The smallest absolute Gasteiger partial charge is 0.262 e. The van der Waals surface area contributed by atoms with Gasteiger partial charge in [-0.25, -0.2) is 9.40 Å². The van der Waals surface area contributed by atoms with Crippen molar-refractivity contribution in [2.45, 2.75) is 25.8 Å². The average Bonchev–Trinajstić information content (AvgIpc) is 3.26. The van der Waals surface area contributed by atoms with Crippen LogP contribution in [0.4, 0.5) is 4.39 Å². The lowest BCUT2D eigenvalue weighted by Gasteiger charge is -2.27. The number of hydrogen-bond acceptors (Lipinski definition) is 5. The summed E-state index contributed by atoms with van der Waals surface area (Å²) in [4.78, 5) is 27.1. The molecule has 3 rings (SSSR count). The Kier molecular flexibility index (Phi) is 7.94. The first-order chi connectivity index (χ1) is 15.5. The minimum absolute atomic E-state index is 0.143. The Morgan fingerprint density at radius 2 is 1.88 bits per heavy atom. The first kappa shape index (κ1) is 23.4. The van der Waals surface area contributed by atoms with Crippen molar-refractivity contribution < 1.29 is 23.5 Å². The second-order valence-corrected chi connectivity index (χ2v) is 7.39. The number of nitrogens with zero attached hydrogens (tertiary/aromatic N) is 3. The number of ether oxygens (including phenoxy) is 2. The van der Waals surface area contributed by atoms with E-state index in [4.69, 9.17) is 9.47 Å². The summed E-state index contributed by atoms with van der Waals surface area (Å²) in [6.45, 7) is 2.22. The number of rotatable bonds is 9. The van der Waals surface area contributed by atoms with Crippen LogP contribution >= 0.6 is 0 Å². The fourth-order valence-electron chi connectivity index (χ4n) is 3.73. The van der Waals surface area contributed by atoms with E-state index in [9.17, 15) is 14.0 Å². The molecule has 8 heteroatoms. The molecule has 0 saturated heterocycles. The minimum atomic E-state index is -0.478. The molecular formula is C24H28FN3O4. The van der Waals surface area contributed by atoms with Crippen molar-refractivity contribution in [3.63, 3.8) is 0 Å². The van der Waals surface area contributed by atoms with Gasteiger partial charge in [0.15, 0.2) is 0 Å². The van der Waals surface area contributed by atoms with E-state index in [2.05, 4.69) is 5.10 Å². The second kappa shape index (κ2) is 10.9. The highest BCUT2D eigenvalue weighted by atomic mass is 19.1. The van der Waals surface area contributed by atoms with Crippen molar-refractivity contribution in [3.8, 4) is 5.75 Å². The van der Waals surface area contributed by atoms with Crippen LogP contribution in [0.1, 0.15) is 36.9 Å². The van der Waals surface area contributed by atoms with Gasteiger partial charge in [0.2, 0.25) is 5.91 Å². The summed E-state index contributed by atoms with van der Waals surface area (Å²) in [7, 11) is 3.10. The molecule has 1 aliphatic heterocycles. The largest absolute Gasteiger partial charge is 0.496 e. The highest BCUT2D eigenvalue weighted by Crippen LogP contribution is 2.37. The molecule has 1 atom stereocenters. The number of methoxy groups -OCH3 is 2. The second-order valence-electron chi connectivity index (χ2n) is 7.39. The summed E-state index contributed by atoms with van der Waals surface area (Å²) in [6, 6.07) is 13.2. The van der Waals surface area contributed by atoms with Gasteiger partial charge in [0, 0.05) is 37.6 Å². The van der Waals surface area contributed by atoms with Gasteiger partial charge in [-0.3, -0.25) is 9.59 Å². The third-order valence-electron chi connectivity index (χ3n) is 5.40. The van der Waals surface area contributed by atoms with Gasteiger partial charge in [0.05, 0.1) is 25.5 Å². The van der Waals surface area contributed by atoms with Gasteiger partial charge in [-0.15, -0.1) is 0 Å². The van der Waals surface area contributed by atoms with Gasteiger partial charge < -0.3 is 14.4 Å². The van der Waals surface area contributed by atoms with Gasteiger partial charge in [-0.1, -0.05) is 43.3 Å². The molecule has 1 heterocycles. The molecule has 2 aromatic rings. The van der Waals surface area contributed by atoms with Crippen molar-refractivity contribution in [2.24, 2.45) is 5.10 Å². The summed E-state index contributed by atoms with van der Waals surface area (Å²) in [5.41, 5.74) is 1.59. The van der Waals surface area contributed by atoms with Crippen LogP contribution in [0, 0.1) is 5.82 Å². The fraction of sp³-hybridized carbons (Fsp3) is 0.375. The van der Waals surface area contributed by atoms with E-state index in [0.717, 1.165) is 5.56 Å². The molecule has 7 nitrogen and oxygen atoms in total. The van der Waals surface area contributed by atoms with Crippen molar-refractivity contribution in [1.29, 1.82) is 0 Å². The SMILES string of the molecule is CCC(=O)N(CCOC)CC(=O)N1N=C(c2ccccc2F)C[C@@H]1c1ccccc1OC. The van der Waals surface area contributed by atoms with E-state index in [-0.39, 0.29) is 24.8 Å². The normalized spacial score (nSPS) is 15.4. The quantitative estimate of drug-likeness (QED) is 0.598. The predicted molar refractivity (Wildman–Crippen MR) is 119 cm³/mol. The molecular weight excluding hydrogens is 413 g/mol. The Labute approximate surface area is 187 Å². The highest BCUT2D eigenvalue weighted by molar-refractivity contribution is 6.03. The van der Waals surface area contributed by atoms with E-state index in [1.165, 1.54) is 16.0 Å². The maximum atomic E-state index is 14.5. The van der Waals surface area contributed by atoms with Crippen LogP contribution in [0.5, 0.6) is 5.75 Å². The van der Waals surface area contributed by atoms with E-state index >= 15 is 0 Å². The van der Waals surface area contributed by atoms with Crippen LogP contribution in [-0.4, -0.2) is 61.4 Å². The molecule has 0 fully saturated rings. The number of carbonyl (C=O) groups is 2. The molecule has 0 radical (unpaired) electrons. The van der Waals surface area contributed by atoms with Crippen molar-refractivity contribution >= 4 is 17.5 Å². The minimum Gasteiger partial charge on any atom is -0.496 e. The Bertz CT molecular complexity index is 995. The molecule has 0 spiro atoms. The zero-order valence-electron chi connectivity index (χ0n) is 18.6. The van der Waals surface area contributed by atoms with Crippen LogP contribution in [0.25, 0.3) is 0 Å². The molecule has 0 saturated carbocycles. The molecule has 0 N–H and O–H groups in total. The Hall–Kier alpha value is -3.26. The third kappa shape index (κ3) is 5.13. The van der Waals surface area contributed by atoms with Crippen LogP contribution in [0.3, 0.4) is 0 Å². The Morgan fingerprint density at radius 1 is 1.16 bits per heavy atom. The molecule has 0 bridgehead atoms. The standard InChI is InChI=1S/C24H28FN3O4/c1-4-23(29)27(13-14-31-2)16-24(30)28-21(18-10-6-8-12-22(18)32-3)15-20(26-28)17-9-5-7-11-19(17)25/h5-12,21H,4,13-16H2,1-3H3/t21-/m1/s1. The lowest BCUT2D eigenvalue weighted by molar-refractivity contribution is -0.141. The molecule has 0 unspecified atom stereocenters. The van der Waals surface area contributed by atoms with Crippen LogP contribution in [0.15, 0.2) is 53.6 Å². The van der Waals surface area contributed by atoms with Crippen LogP contribution < -0.4 is 4.74 Å². The predicted octanol–water partition coefficient (Wildman–Crippen LogP) is 3.40. The first-order valence-corrected chi connectivity index (χ1v) is 10.5. The molecule has 2 aromatic carbocycles. The molecule has 32 heavy (non-hydrogen) atoms. The lowest BCUT2D eigenvalue weighted by atomic mass is 9.97. The maximum Gasteiger partial charge on any atom is 0.262 e. The number of para-hydroxylation sites is 1. The third-order valence-corrected chi connectivity index (χ3v) is 5.40. The van der Waals surface area contributed by atoms with Gasteiger partial charge in [-0.2, -0.15) is 5.10 Å². The summed E-state index contributed by atoms with van der Waals surface area (Å²) in [5.74, 6) is -0.296. The summed E-state index contributed by atoms with van der Waals surface area (Å²) in [5, 5.41) is 5.86. The molecule has 2 amide bonds. The lowest BCUT2D eigenvalue weighted by Crippen LogP contribution is -2.42. The average molecular weight is 442 g/mol. The molecule has 0 aromatic heterocycles. The molecule has 170 valence electrons. The number of hydrogen-bond donors (Lipinski definition) is 0. The Balaban J connectivity index is 1.95.